The molecule has 0 aliphatic heterocycles. The Morgan fingerprint density at radius 3 is 2.60 bits per heavy atom. The van der Waals surface area contributed by atoms with Crippen LogP contribution in [0.2, 0.25) is 0 Å². The minimum atomic E-state index is 0.814. The second-order valence-electron chi connectivity index (χ2n) is 3.22. The third-order valence-electron chi connectivity index (χ3n) is 2.06. The summed E-state index contributed by atoms with van der Waals surface area (Å²) in [6, 6.07) is 12.4. The molecule has 0 saturated carbocycles. The third-order valence-corrected chi connectivity index (χ3v) is 2.78. The lowest BCUT2D eigenvalue weighted by atomic mass is 10.2. The van der Waals surface area contributed by atoms with Crippen molar-refractivity contribution in [3.05, 3.63) is 57.9 Å². The summed E-state index contributed by atoms with van der Waals surface area (Å²) in [6.07, 6.45) is 3.66. The molecule has 1 N–H and O–H groups in total. The third kappa shape index (κ3) is 3.20. The van der Waals surface area contributed by atoms with E-state index >= 15 is 0 Å². The van der Waals surface area contributed by atoms with E-state index in [4.69, 9.17) is 0 Å². The number of aromatic nitrogens is 1. The van der Waals surface area contributed by atoms with Crippen molar-refractivity contribution in [1.82, 2.24) is 4.98 Å². The van der Waals surface area contributed by atoms with Gasteiger partial charge in [-0.3, -0.25) is 4.98 Å². The topological polar surface area (TPSA) is 24.9 Å². The first-order valence-corrected chi connectivity index (χ1v) is 5.81. The number of anilines is 1. The number of halogens is 1. The molecule has 0 unspecified atom stereocenters. The van der Waals surface area contributed by atoms with Gasteiger partial charge in [-0.1, -0.05) is 6.07 Å². The van der Waals surface area contributed by atoms with Crippen molar-refractivity contribution in [1.29, 1.82) is 0 Å². The minimum Gasteiger partial charge on any atom is -0.381 e. The van der Waals surface area contributed by atoms with Gasteiger partial charge in [-0.05, 0) is 58.5 Å². The van der Waals surface area contributed by atoms with Crippen LogP contribution in [0.3, 0.4) is 0 Å². The number of rotatable bonds is 3. The molecule has 2 nitrogen and oxygen atoms in total. The first-order valence-electron chi connectivity index (χ1n) is 4.73. The molecule has 15 heavy (non-hydrogen) atoms. The highest BCUT2D eigenvalue weighted by Crippen LogP contribution is 2.12. The molecule has 0 bridgehead atoms. The molecule has 2 aromatic rings. The second-order valence-corrected chi connectivity index (χ2v) is 4.47. The van der Waals surface area contributed by atoms with Gasteiger partial charge in [-0.25, -0.2) is 0 Å². The monoisotopic (exact) mass is 310 g/mol. The summed E-state index contributed by atoms with van der Waals surface area (Å²) in [6.45, 7) is 0.814. The van der Waals surface area contributed by atoms with Crippen LogP contribution >= 0.6 is 22.6 Å². The molecular weight excluding hydrogens is 299 g/mol. The van der Waals surface area contributed by atoms with Crippen molar-refractivity contribution in [2.24, 2.45) is 0 Å². The maximum absolute atomic E-state index is 4.07. The Hall–Kier alpha value is -1.10. The molecule has 0 radical (unpaired) electrons. The van der Waals surface area contributed by atoms with Gasteiger partial charge in [0.15, 0.2) is 0 Å². The summed E-state index contributed by atoms with van der Waals surface area (Å²) in [4.78, 5) is 4.07. The molecule has 0 spiro atoms. The predicted molar refractivity (Wildman–Crippen MR) is 70.7 cm³/mol. The number of hydrogen-bond donors (Lipinski definition) is 1. The van der Waals surface area contributed by atoms with Crippen LogP contribution in [0.15, 0.2) is 48.8 Å². The van der Waals surface area contributed by atoms with E-state index in [1.165, 1.54) is 9.13 Å². The lowest BCUT2D eigenvalue weighted by Gasteiger charge is -2.05. The van der Waals surface area contributed by atoms with E-state index < -0.39 is 0 Å². The molecule has 0 saturated heterocycles. The first-order chi connectivity index (χ1) is 7.34. The molecule has 2 rings (SSSR count). The zero-order valence-electron chi connectivity index (χ0n) is 8.15. The lowest BCUT2D eigenvalue weighted by molar-refractivity contribution is 1.11. The lowest BCUT2D eigenvalue weighted by Crippen LogP contribution is -1.99. The standard InChI is InChI=1S/C12H11IN2/c13-11-3-5-12(6-4-11)15-9-10-2-1-7-14-8-10/h1-8,15H,9H2. The molecule has 1 aromatic heterocycles. The Morgan fingerprint density at radius 1 is 1.13 bits per heavy atom. The van der Waals surface area contributed by atoms with E-state index in [1.807, 2.05) is 12.3 Å². The molecule has 0 aliphatic carbocycles. The number of pyridine rings is 1. The SMILES string of the molecule is Ic1ccc(NCc2cccnc2)cc1. The maximum Gasteiger partial charge on any atom is 0.0416 e. The molecule has 0 fully saturated rings. The largest absolute Gasteiger partial charge is 0.381 e. The van der Waals surface area contributed by atoms with Crippen molar-refractivity contribution in [2.75, 3.05) is 5.32 Å². The highest BCUT2D eigenvalue weighted by Gasteiger charge is 1.93. The summed E-state index contributed by atoms with van der Waals surface area (Å²) in [5.74, 6) is 0. The van der Waals surface area contributed by atoms with Crippen LogP contribution in [-0.2, 0) is 6.54 Å². The maximum atomic E-state index is 4.07. The Bertz CT molecular complexity index is 411. The smallest absolute Gasteiger partial charge is 0.0416 e. The summed E-state index contributed by atoms with van der Waals surface area (Å²) in [5, 5.41) is 3.34. The Labute approximate surface area is 103 Å². The molecule has 0 atom stereocenters. The molecule has 1 heterocycles. The Kier molecular flexibility index (Phi) is 3.55. The predicted octanol–water partition coefficient (Wildman–Crippen LogP) is 3.30. The van der Waals surface area contributed by atoms with Gasteiger partial charge in [0.25, 0.3) is 0 Å². The summed E-state index contributed by atoms with van der Waals surface area (Å²) >= 11 is 2.30. The van der Waals surface area contributed by atoms with Gasteiger partial charge >= 0.3 is 0 Å². The fourth-order valence-corrected chi connectivity index (χ4v) is 1.63. The highest BCUT2D eigenvalue weighted by atomic mass is 127. The highest BCUT2D eigenvalue weighted by molar-refractivity contribution is 14.1. The van der Waals surface area contributed by atoms with Crippen molar-refractivity contribution in [3.63, 3.8) is 0 Å². The van der Waals surface area contributed by atoms with Gasteiger partial charge in [0.05, 0.1) is 0 Å². The van der Waals surface area contributed by atoms with E-state index in [1.54, 1.807) is 6.20 Å². The minimum absolute atomic E-state index is 0.814. The average molecular weight is 310 g/mol. The molecule has 76 valence electrons. The fraction of sp³-hybridized carbons (Fsp3) is 0.0833. The van der Waals surface area contributed by atoms with Gasteiger partial charge in [-0.2, -0.15) is 0 Å². The van der Waals surface area contributed by atoms with Crippen molar-refractivity contribution in [2.45, 2.75) is 6.54 Å². The molecule has 0 amide bonds. The zero-order chi connectivity index (χ0) is 10.5. The van der Waals surface area contributed by atoms with E-state index in [9.17, 15) is 0 Å². The van der Waals surface area contributed by atoms with Crippen LogP contribution in [-0.4, -0.2) is 4.98 Å². The number of hydrogen-bond acceptors (Lipinski definition) is 2. The molecular formula is C12H11IN2. The van der Waals surface area contributed by atoms with E-state index in [0.29, 0.717) is 0 Å². The molecule has 3 heteroatoms. The molecule has 0 aliphatic rings. The fourth-order valence-electron chi connectivity index (χ4n) is 1.27. The van der Waals surface area contributed by atoms with E-state index in [2.05, 4.69) is 63.2 Å². The summed E-state index contributed by atoms with van der Waals surface area (Å²) < 4.78 is 1.25. The van der Waals surface area contributed by atoms with Crippen molar-refractivity contribution >= 4 is 28.3 Å². The van der Waals surface area contributed by atoms with Gasteiger partial charge in [0, 0.05) is 28.2 Å². The quantitative estimate of drug-likeness (QED) is 0.880. The van der Waals surface area contributed by atoms with Crippen LogP contribution in [0.5, 0.6) is 0 Å². The number of nitrogens with zero attached hydrogens (tertiary/aromatic N) is 1. The van der Waals surface area contributed by atoms with Crippen molar-refractivity contribution < 1.29 is 0 Å². The van der Waals surface area contributed by atoms with Gasteiger partial charge < -0.3 is 5.32 Å². The number of nitrogens with one attached hydrogen (secondary N) is 1. The van der Waals surface area contributed by atoms with Crippen LogP contribution in [0.1, 0.15) is 5.56 Å². The van der Waals surface area contributed by atoms with Gasteiger partial charge in [0.1, 0.15) is 0 Å². The van der Waals surface area contributed by atoms with Gasteiger partial charge in [0.2, 0.25) is 0 Å². The Morgan fingerprint density at radius 2 is 1.93 bits per heavy atom. The summed E-state index contributed by atoms with van der Waals surface area (Å²) in [5.41, 5.74) is 2.33. The second kappa shape index (κ2) is 5.11. The van der Waals surface area contributed by atoms with E-state index in [0.717, 1.165) is 12.2 Å². The van der Waals surface area contributed by atoms with Crippen LogP contribution in [0, 0.1) is 3.57 Å². The average Bonchev–Trinajstić information content (AvgIpc) is 2.30. The van der Waals surface area contributed by atoms with Crippen LogP contribution < -0.4 is 5.32 Å². The normalized spacial score (nSPS) is 9.93. The van der Waals surface area contributed by atoms with E-state index in [-0.39, 0.29) is 0 Å². The number of benzene rings is 1. The first kappa shape index (κ1) is 10.4. The molecule has 1 aromatic carbocycles. The zero-order valence-corrected chi connectivity index (χ0v) is 10.3. The van der Waals surface area contributed by atoms with Gasteiger partial charge in [-0.15, -0.1) is 0 Å². The van der Waals surface area contributed by atoms with Crippen molar-refractivity contribution in [3.8, 4) is 0 Å². The Balaban J connectivity index is 1.96. The van der Waals surface area contributed by atoms with Crippen LogP contribution in [0.4, 0.5) is 5.69 Å². The summed E-state index contributed by atoms with van der Waals surface area (Å²) in [7, 11) is 0. The van der Waals surface area contributed by atoms with Crippen LogP contribution in [0.25, 0.3) is 0 Å².